The fraction of sp³-hybridized carbons (Fsp3) is 0.300. The standard InChI is InChI=1S/C10H11BrOS/c1-3-7-5-4-6-8(12-2)9(7)10(11)13/h4-6H,3H2,1-2H3. The number of ether oxygens (including phenoxy) is 1. The summed E-state index contributed by atoms with van der Waals surface area (Å²) in [6, 6.07) is 5.96. The number of benzene rings is 1. The molecule has 0 atom stereocenters. The predicted octanol–water partition coefficient (Wildman–Crippen LogP) is 3.33. The average Bonchev–Trinajstić information content (AvgIpc) is 2.16. The Labute approximate surface area is 92.2 Å². The van der Waals surface area contributed by atoms with Gasteiger partial charge in [0.15, 0.2) is 0 Å². The fourth-order valence-corrected chi connectivity index (χ4v) is 1.95. The second-order valence-electron chi connectivity index (χ2n) is 2.62. The monoisotopic (exact) mass is 258 g/mol. The Hall–Kier alpha value is -0.410. The van der Waals surface area contributed by atoms with Gasteiger partial charge in [-0.1, -0.05) is 31.3 Å². The van der Waals surface area contributed by atoms with Gasteiger partial charge in [-0.25, -0.2) is 0 Å². The molecule has 0 fully saturated rings. The number of hydrogen-bond donors (Lipinski definition) is 0. The lowest BCUT2D eigenvalue weighted by atomic mass is 10.1. The van der Waals surface area contributed by atoms with Gasteiger partial charge in [0, 0.05) is 5.56 Å². The minimum atomic E-state index is 0.710. The van der Waals surface area contributed by atoms with Gasteiger partial charge in [-0.2, -0.15) is 0 Å². The topological polar surface area (TPSA) is 9.23 Å². The highest BCUT2D eigenvalue weighted by Crippen LogP contribution is 2.25. The molecule has 0 aliphatic rings. The summed E-state index contributed by atoms with van der Waals surface area (Å²) in [4.78, 5) is 0. The fourth-order valence-electron chi connectivity index (χ4n) is 1.26. The summed E-state index contributed by atoms with van der Waals surface area (Å²) in [5, 5.41) is 0. The minimum Gasteiger partial charge on any atom is -0.496 e. The predicted molar refractivity (Wildman–Crippen MR) is 63.0 cm³/mol. The Kier molecular flexibility index (Phi) is 3.88. The zero-order chi connectivity index (χ0) is 9.84. The molecule has 0 N–H and O–H groups in total. The van der Waals surface area contributed by atoms with E-state index in [9.17, 15) is 0 Å². The highest BCUT2D eigenvalue weighted by Gasteiger charge is 2.09. The molecule has 0 unspecified atom stereocenters. The van der Waals surface area contributed by atoms with E-state index < -0.39 is 0 Å². The molecule has 0 aromatic heterocycles. The van der Waals surface area contributed by atoms with Gasteiger partial charge >= 0.3 is 0 Å². The van der Waals surface area contributed by atoms with Crippen molar-refractivity contribution in [2.24, 2.45) is 0 Å². The van der Waals surface area contributed by atoms with Gasteiger partial charge in [-0.3, -0.25) is 0 Å². The SMILES string of the molecule is CCc1cccc(OC)c1C(=S)Br. The van der Waals surface area contributed by atoms with E-state index in [1.165, 1.54) is 5.56 Å². The second kappa shape index (κ2) is 4.72. The van der Waals surface area contributed by atoms with Crippen molar-refractivity contribution in [2.45, 2.75) is 13.3 Å². The Balaban J connectivity index is 3.29. The summed E-state index contributed by atoms with van der Waals surface area (Å²) in [5.74, 6) is 0.834. The molecule has 1 rings (SSSR count). The molecule has 1 aromatic rings. The van der Waals surface area contributed by atoms with Crippen LogP contribution in [-0.4, -0.2) is 10.9 Å². The van der Waals surface area contributed by atoms with Gasteiger partial charge in [0.25, 0.3) is 0 Å². The molecule has 0 aliphatic carbocycles. The third kappa shape index (κ3) is 2.29. The molecule has 3 heteroatoms. The Bertz CT molecular complexity index is 300. The van der Waals surface area contributed by atoms with E-state index >= 15 is 0 Å². The number of thiocarbonyl (C=S) groups is 1. The van der Waals surface area contributed by atoms with Gasteiger partial charge in [-0.15, -0.1) is 0 Å². The minimum absolute atomic E-state index is 0.710. The molecule has 0 aliphatic heterocycles. The van der Waals surface area contributed by atoms with Crippen molar-refractivity contribution in [3.05, 3.63) is 29.3 Å². The molecule has 0 radical (unpaired) electrons. The second-order valence-corrected chi connectivity index (χ2v) is 4.35. The normalized spacial score (nSPS) is 9.77. The molecule has 0 saturated carbocycles. The van der Waals surface area contributed by atoms with Crippen LogP contribution in [-0.2, 0) is 6.42 Å². The van der Waals surface area contributed by atoms with E-state index in [2.05, 4.69) is 28.9 Å². The first-order valence-corrected chi connectivity index (χ1v) is 5.26. The van der Waals surface area contributed by atoms with E-state index in [4.69, 9.17) is 17.0 Å². The van der Waals surface area contributed by atoms with Gasteiger partial charge in [-0.05, 0) is 34.0 Å². The number of halogens is 1. The quantitative estimate of drug-likeness (QED) is 0.608. The third-order valence-electron chi connectivity index (χ3n) is 1.91. The van der Waals surface area contributed by atoms with Gasteiger partial charge in [0.1, 0.15) is 5.75 Å². The molecular weight excluding hydrogens is 248 g/mol. The maximum absolute atomic E-state index is 5.23. The first-order chi connectivity index (χ1) is 6.20. The van der Waals surface area contributed by atoms with E-state index in [1.54, 1.807) is 7.11 Å². The maximum atomic E-state index is 5.23. The van der Waals surface area contributed by atoms with Crippen molar-refractivity contribution in [3.63, 3.8) is 0 Å². The van der Waals surface area contributed by atoms with Crippen LogP contribution < -0.4 is 4.74 Å². The average molecular weight is 259 g/mol. The number of hydrogen-bond acceptors (Lipinski definition) is 2. The molecule has 0 heterocycles. The van der Waals surface area contributed by atoms with Crippen LogP contribution in [0, 0.1) is 0 Å². The van der Waals surface area contributed by atoms with E-state index in [0.717, 1.165) is 17.7 Å². The van der Waals surface area contributed by atoms with Crippen LogP contribution in [0.2, 0.25) is 0 Å². The zero-order valence-corrected chi connectivity index (χ0v) is 10.0. The summed E-state index contributed by atoms with van der Waals surface area (Å²) in [6.45, 7) is 2.10. The molecule has 0 spiro atoms. The maximum Gasteiger partial charge on any atom is 0.128 e. The molecule has 0 amide bonds. The number of methoxy groups -OCH3 is 1. The van der Waals surface area contributed by atoms with E-state index in [1.807, 2.05) is 12.1 Å². The van der Waals surface area contributed by atoms with Crippen molar-refractivity contribution >= 4 is 31.9 Å². The lowest BCUT2D eigenvalue weighted by molar-refractivity contribution is 0.413. The van der Waals surface area contributed by atoms with Gasteiger partial charge in [0.2, 0.25) is 0 Å². The zero-order valence-electron chi connectivity index (χ0n) is 7.63. The highest BCUT2D eigenvalue weighted by molar-refractivity contribution is 9.20. The molecule has 1 nitrogen and oxygen atoms in total. The van der Waals surface area contributed by atoms with Crippen LogP contribution in [0.5, 0.6) is 5.75 Å². The molecule has 0 bridgehead atoms. The van der Waals surface area contributed by atoms with Crippen LogP contribution in [0.15, 0.2) is 18.2 Å². The van der Waals surface area contributed by atoms with Crippen molar-refractivity contribution in [1.29, 1.82) is 0 Å². The van der Waals surface area contributed by atoms with Crippen molar-refractivity contribution in [2.75, 3.05) is 7.11 Å². The largest absolute Gasteiger partial charge is 0.496 e. The van der Waals surface area contributed by atoms with Crippen LogP contribution in [0.3, 0.4) is 0 Å². The lowest BCUT2D eigenvalue weighted by Crippen LogP contribution is -1.99. The highest BCUT2D eigenvalue weighted by atomic mass is 79.9. The summed E-state index contributed by atoms with van der Waals surface area (Å²) in [5.41, 5.74) is 2.21. The Morgan fingerprint density at radius 1 is 1.54 bits per heavy atom. The Morgan fingerprint density at radius 2 is 2.23 bits per heavy atom. The smallest absolute Gasteiger partial charge is 0.128 e. The van der Waals surface area contributed by atoms with Crippen molar-refractivity contribution in [1.82, 2.24) is 0 Å². The number of aryl methyl sites for hydroxylation is 1. The van der Waals surface area contributed by atoms with E-state index in [0.29, 0.717) is 3.77 Å². The molecule has 13 heavy (non-hydrogen) atoms. The molecule has 0 saturated heterocycles. The molecule has 1 aromatic carbocycles. The van der Waals surface area contributed by atoms with Crippen LogP contribution in [0.4, 0.5) is 0 Å². The summed E-state index contributed by atoms with van der Waals surface area (Å²) in [6.07, 6.45) is 0.957. The lowest BCUT2D eigenvalue weighted by Gasteiger charge is -2.10. The Morgan fingerprint density at radius 3 is 2.69 bits per heavy atom. The van der Waals surface area contributed by atoms with Crippen molar-refractivity contribution in [3.8, 4) is 5.75 Å². The number of rotatable bonds is 3. The van der Waals surface area contributed by atoms with Gasteiger partial charge in [0.05, 0.1) is 10.9 Å². The van der Waals surface area contributed by atoms with Crippen LogP contribution in [0.25, 0.3) is 0 Å². The van der Waals surface area contributed by atoms with E-state index in [-0.39, 0.29) is 0 Å². The molecular formula is C10H11BrOS. The first kappa shape index (κ1) is 10.7. The van der Waals surface area contributed by atoms with Crippen LogP contribution >= 0.6 is 28.1 Å². The van der Waals surface area contributed by atoms with Crippen LogP contribution in [0.1, 0.15) is 18.1 Å². The molecule has 70 valence electrons. The summed E-state index contributed by atoms with van der Waals surface area (Å²) in [7, 11) is 1.66. The van der Waals surface area contributed by atoms with Crippen molar-refractivity contribution < 1.29 is 4.74 Å². The summed E-state index contributed by atoms with van der Waals surface area (Å²) >= 11 is 8.42. The van der Waals surface area contributed by atoms with Gasteiger partial charge < -0.3 is 4.74 Å². The first-order valence-electron chi connectivity index (χ1n) is 4.06. The summed E-state index contributed by atoms with van der Waals surface area (Å²) < 4.78 is 5.94. The third-order valence-corrected chi connectivity index (χ3v) is 2.51.